The van der Waals surface area contributed by atoms with Crippen LogP contribution in [-0.4, -0.2) is 24.1 Å². The minimum Gasteiger partial charge on any atom is -0.422 e. The molecule has 0 saturated heterocycles. The third-order valence-electron chi connectivity index (χ3n) is 4.43. The molecular formula is C20H26F2O3. The van der Waals surface area contributed by atoms with Crippen molar-refractivity contribution in [2.45, 2.75) is 45.1 Å². The summed E-state index contributed by atoms with van der Waals surface area (Å²) in [6, 6.07) is 7.94. The number of para-hydroxylation sites is 1. The zero-order valence-corrected chi connectivity index (χ0v) is 15.0. The van der Waals surface area contributed by atoms with Crippen LogP contribution in [0.15, 0.2) is 30.3 Å². The Bertz CT molecular complexity index is 566. The Labute approximate surface area is 148 Å². The van der Waals surface area contributed by atoms with E-state index in [1.54, 1.807) is 18.2 Å². The Morgan fingerprint density at radius 3 is 2.44 bits per heavy atom. The van der Waals surface area contributed by atoms with E-state index in [4.69, 9.17) is 9.47 Å². The average Bonchev–Trinajstić information content (AvgIpc) is 2.97. The smallest absolute Gasteiger partial charge is 0.382 e. The summed E-state index contributed by atoms with van der Waals surface area (Å²) in [4.78, 5) is 12.2. The molecule has 3 atom stereocenters. The molecule has 0 aliphatic heterocycles. The number of carbonyl (C=O) groups is 1. The van der Waals surface area contributed by atoms with Crippen molar-refractivity contribution >= 4 is 5.97 Å². The van der Waals surface area contributed by atoms with E-state index in [0.29, 0.717) is 12.8 Å². The third kappa shape index (κ3) is 5.00. The fourth-order valence-corrected chi connectivity index (χ4v) is 3.17. The number of ether oxygens (including phenoxy) is 2. The molecule has 138 valence electrons. The van der Waals surface area contributed by atoms with E-state index in [0.717, 1.165) is 0 Å². The van der Waals surface area contributed by atoms with Crippen LogP contribution in [0.3, 0.4) is 0 Å². The maximum atomic E-state index is 14.9. The summed E-state index contributed by atoms with van der Waals surface area (Å²) in [6.45, 7) is 9.54. The van der Waals surface area contributed by atoms with Crippen LogP contribution in [0.2, 0.25) is 0 Å². The Hall–Kier alpha value is -1.49. The summed E-state index contributed by atoms with van der Waals surface area (Å²) in [5, 5.41) is 0. The molecule has 5 heteroatoms. The lowest BCUT2D eigenvalue weighted by atomic mass is 9.82. The van der Waals surface area contributed by atoms with Crippen LogP contribution < -0.4 is 4.74 Å². The molecule has 0 N–H and O–H groups in total. The molecule has 0 spiro atoms. The molecular weight excluding hydrogens is 326 g/mol. The van der Waals surface area contributed by atoms with Gasteiger partial charge in [0.05, 0.1) is 12.2 Å². The van der Waals surface area contributed by atoms with Gasteiger partial charge in [0.25, 0.3) is 0 Å². The van der Waals surface area contributed by atoms with Crippen LogP contribution in [0.25, 0.3) is 0 Å². The van der Waals surface area contributed by atoms with Crippen molar-refractivity contribution in [3.8, 4) is 5.75 Å². The first-order chi connectivity index (χ1) is 11.6. The van der Waals surface area contributed by atoms with Gasteiger partial charge in [0.2, 0.25) is 0 Å². The highest BCUT2D eigenvalue weighted by molar-refractivity contribution is 5.80. The Balaban J connectivity index is 2.15. The highest BCUT2D eigenvalue weighted by atomic mass is 19.3. The van der Waals surface area contributed by atoms with Crippen LogP contribution in [0.4, 0.5) is 8.78 Å². The van der Waals surface area contributed by atoms with E-state index in [9.17, 15) is 13.6 Å². The van der Waals surface area contributed by atoms with Gasteiger partial charge in [-0.25, -0.2) is 4.79 Å². The fraction of sp³-hybridized carbons (Fsp3) is 0.550. The Morgan fingerprint density at radius 1 is 1.24 bits per heavy atom. The van der Waals surface area contributed by atoms with E-state index >= 15 is 0 Å². The number of benzene rings is 1. The van der Waals surface area contributed by atoms with Gasteiger partial charge in [-0.2, -0.15) is 8.78 Å². The van der Waals surface area contributed by atoms with Gasteiger partial charge in [-0.3, -0.25) is 0 Å². The second kappa shape index (κ2) is 7.81. The van der Waals surface area contributed by atoms with Crippen molar-refractivity contribution in [1.82, 2.24) is 0 Å². The Morgan fingerprint density at radius 2 is 1.88 bits per heavy atom. The zero-order chi connectivity index (χ0) is 18.7. The van der Waals surface area contributed by atoms with Gasteiger partial charge < -0.3 is 9.47 Å². The van der Waals surface area contributed by atoms with Crippen LogP contribution in [-0.2, 0) is 9.53 Å². The predicted molar refractivity (Wildman–Crippen MR) is 92.1 cm³/mol. The number of carbonyl (C=O) groups excluding carboxylic acids is 1. The van der Waals surface area contributed by atoms with E-state index < -0.39 is 29.3 Å². The van der Waals surface area contributed by atoms with Crippen LogP contribution in [0.5, 0.6) is 5.75 Å². The fourth-order valence-electron chi connectivity index (χ4n) is 3.17. The largest absolute Gasteiger partial charge is 0.422 e. The summed E-state index contributed by atoms with van der Waals surface area (Å²) in [5.74, 6) is -7.04. The Kier molecular flexibility index (Phi) is 6.20. The van der Waals surface area contributed by atoms with Crippen molar-refractivity contribution in [2.75, 3.05) is 6.61 Å². The molecule has 1 aromatic carbocycles. The predicted octanol–water partition coefficient (Wildman–Crippen LogP) is 4.72. The number of hydrogen-bond donors (Lipinski definition) is 0. The normalized spacial score (nSPS) is 24.3. The second-order valence-corrected chi connectivity index (χ2v) is 7.46. The van der Waals surface area contributed by atoms with Gasteiger partial charge in [0.15, 0.2) is 0 Å². The van der Waals surface area contributed by atoms with Crippen LogP contribution in [0.1, 0.15) is 33.6 Å². The monoisotopic (exact) mass is 352 g/mol. The molecule has 1 aromatic rings. The van der Waals surface area contributed by atoms with Crippen molar-refractivity contribution in [2.24, 2.45) is 17.8 Å². The minimum atomic E-state index is -3.60. The van der Waals surface area contributed by atoms with Crippen LogP contribution in [0, 0.1) is 31.1 Å². The molecule has 1 saturated carbocycles. The first-order valence-corrected chi connectivity index (χ1v) is 8.57. The second-order valence-electron chi connectivity index (χ2n) is 7.46. The van der Waals surface area contributed by atoms with Gasteiger partial charge >= 0.3 is 11.9 Å². The highest BCUT2D eigenvalue weighted by Crippen LogP contribution is 2.47. The first-order valence-electron chi connectivity index (χ1n) is 8.57. The van der Waals surface area contributed by atoms with Crippen LogP contribution >= 0.6 is 0 Å². The highest BCUT2D eigenvalue weighted by Gasteiger charge is 2.57. The summed E-state index contributed by atoms with van der Waals surface area (Å²) < 4.78 is 40.5. The molecule has 0 heterocycles. The SMILES string of the molecule is [CH2]CC1C[CH]C(COC(C)(C)C)C1C(F)(F)C(=O)Oc1ccccc1. The molecule has 0 aromatic heterocycles. The molecule has 2 radical (unpaired) electrons. The van der Waals surface area contributed by atoms with Crippen molar-refractivity contribution < 1.29 is 23.0 Å². The zero-order valence-electron chi connectivity index (χ0n) is 15.0. The maximum absolute atomic E-state index is 14.9. The molecule has 1 aliphatic carbocycles. The van der Waals surface area contributed by atoms with Crippen molar-refractivity contribution in [3.05, 3.63) is 43.7 Å². The molecule has 3 unspecified atom stereocenters. The van der Waals surface area contributed by atoms with Gasteiger partial charge in [-0.1, -0.05) is 25.1 Å². The van der Waals surface area contributed by atoms with Gasteiger partial charge in [0.1, 0.15) is 5.75 Å². The molecule has 0 bridgehead atoms. The third-order valence-corrected chi connectivity index (χ3v) is 4.43. The quantitative estimate of drug-likeness (QED) is 0.549. The topological polar surface area (TPSA) is 35.5 Å². The first kappa shape index (κ1) is 19.8. The lowest BCUT2D eigenvalue weighted by molar-refractivity contribution is -0.177. The minimum absolute atomic E-state index is 0.114. The molecule has 25 heavy (non-hydrogen) atoms. The van der Waals surface area contributed by atoms with E-state index in [1.807, 2.05) is 27.2 Å². The summed E-state index contributed by atoms with van der Waals surface area (Å²) in [7, 11) is 0. The molecule has 1 fully saturated rings. The summed E-state index contributed by atoms with van der Waals surface area (Å²) in [6.07, 6.45) is 2.66. The summed E-state index contributed by atoms with van der Waals surface area (Å²) >= 11 is 0. The summed E-state index contributed by atoms with van der Waals surface area (Å²) in [5.41, 5.74) is -0.430. The van der Waals surface area contributed by atoms with E-state index in [-0.39, 0.29) is 18.3 Å². The molecule has 2 rings (SSSR count). The van der Waals surface area contributed by atoms with Gasteiger partial charge in [-0.05, 0) is 64.0 Å². The van der Waals surface area contributed by atoms with Crippen molar-refractivity contribution in [1.29, 1.82) is 0 Å². The van der Waals surface area contributed by atoms with Gasteiger partial charge in [0, 0.05) is 5.92 Å². The molecule has 0 amide bonds. The average molecular weight is 352 g/mol. The lowest BCUT2D eigenvalue weighted by Gasteiger charge is -2.32. The lowest BCUT2D eigenvalue weighted by Crippen LogP contribution is -2.46. The van der Waals surface area contributed by atoms with E-state index in [2.05, 4.69) is 6.92 Å². The number of rotatable bonds is 6. The maximum Gasteiger partial charge on any atom is 0.382 e. The number of halogens is 2. The van der Waals surface area contributed by atoms with Crippen molar-refractivity contribution in [3.63, 3.8) is 0 Å². The van der Waals surface area contributed by atoms with Gasteiger partial charge in [-0.15, -0.1) is 0 Å². The standard InChI is InChI=1S/C20H26F2O3/c1-5-14-11-12-15(13-24-19(2,3)4)17(14)20(21,22)18(23)25-16-9-7-6-8-10-16/h6-10,12,14-15,17H,1,5,11,13H2,2-4H3. The molecule has 3 nitrogen and oxygen atoms in total. The number of alkyl halides is 2. The molecule has 1 aliphatic rings. The number of hydrogen-bond acceptors (Lipinski definition) is 3. The van der Waals surface area contributed by atoms with E-state index in [1.165, 1.54) is 12.1 Å². The number of esters is 1.